The molecule has 0 spiro atoms. The van der Waals surface area contributed by atoms with Gasteiger partial charge in [-0.1, -0.05) is 12.1 Å². The van der Waals surface area contributed by atoms with Gasteiger partial charge in [0.25, 0.3) is 0 Å². The number of nitrogens with two attached hydrogens (primary N) is 1. The van der Waals surface area contributed by atoms with Gasteiger partial charge in [0.1, 0.15) is 10.6 Å². The molecule has 6 heteroatoms. The van der Waals surface area contributed by atoms with Gasteiger partial charge in [-0.25, -0.2) is 13.4 Å². The lowest BCUT2D eigenvalue weighted by Crippen LogP contribution is -2.02. The van der Waals surface area contributed by atoms with E-state index in [-0.39, 0.29) is 10.8 Å². The Balaban J connectivity index is 2.33. The van der Waals surface area contributed by atoms with Crippen molar-refractivity contribution in [3.63, 3.8) is 0 Å². The van der Waals surface area contributed by atoms with Crippen molar-refractivity contribution in [3.05, 3.63) is 48.2 Å². The average Bonchev–Trinajstić information content (AvgIpc) is 2.39. The third-order valence-corrected chi connectivity index (χ3v) is 3.62. The first-order valence-corrected chi connectivity index (χ1v) is 7.52. The van der Waals surface area contributed by atoms with Crippen molar-refractivity contribution in [1.29, 1.82) is 0 Å². The first kappa shape index (κ1) is 13.5. The van der Waals surface area contributed by atoms with E-state index in [1.807, 2.05) is 12.1 Å². The number of benzene rings is 1. The highest BCUT2D eigenvalue weighted by Crippen LogP contribution is 2.26. The van der Waals surface area contributed by atoms with Crippen LogP contribution in [0.5, 0.6) is 11.6 Å². The number of ether oxygens (including phenoxy) is 1. The third-order valence-electron chi connectivity index (χ3n) is 2.51. The molecule has 2 aromatic rings. The van der Waals surface area contributed by atoms with Crippen molar-refractivity contribution < 1.29 is 13.2 Å². The monoisotopic (exact) mass is 278 g/mol. The SMILES string of the molecule is CS(=O)(=O)c1cccnc1Oc1ccc(CN)cc1. The molecule has 0 saturated carbocycles. The lowest BCUT2D eigenvalue weighted by atomic mass is 10.2. The summed E-state index contributed by atoms with van der Waals surface area (Å²) in [5.74, 6) is 0.589. The summed E-state index contributed by atoms with van der Waals surface area (Å²) in [7, 11) is -3.37. The highest BCUT2D eigenvalue weighted by molar-refractivity contribution is 7.90. The number of hydrogen-bond donors (Lipinski definition) is 1. The van der Waals surface area contributed by atoms with Crippen molar-refractivity contribution >= 4 is 9.84 Å². The van der Waals surface area contributed by atoms with Crippen LogP contribution in [0.15, 0.2) is 47.5 Å². The predicted octanol–water partition coefficient (Wildman–Crippen LogP) is 1.74. The van der Waals surface area contributed by atoms with Gasteiger partial charge in [0.2, 0.25) is 5.88 Å². The molecule has 0 aliphatic carbocycles. The van der Waals surface area contributed by atoms with Crippen molar-refractivity contribution in [1.82, 2.24) is 4.98 Å². The van der Waals surface area contributed by atoms with Gasteiger partial charge >= 0.3 is 0 Å². The summed E-state index contributed by atoms with van der Waals surface area (Å²) in [6.45, 7) is 0.443. The molecule has 100 valence electrons. The standard InChI is InChI=1S/C13H14N2O3S/c1-19(16,17)12-3-2-8-15-13(12)18-11-6-4-10(9-14)5-7-11/h2-8H,9,14H2,1H3. The number of sulfone groups is 1. The van der Waals surface area contributed by atoms with E-state index in [0.29, 0.717) is 12.3 Å². The highest BCUT2D eigenvalue weighted by Gasteiger charge is 2.15. The minimum Gasteiger partial charge on any atom is -0.438 e. The van der Waals surface area contributed by atoms with Crippen LogP contribution in [0.3, 0.4) is 0 Å². The first-order chi connectivity index (χ1) is 9.00. The van der Waals surface area contributed by atoms with Crippen LogP contribution in [-0.4, -0.2) is 19.7 Å². The number of aromatic nitrogens is 1. The molecule has 1 heterocycles. The maximum atomic E-state index is 11.6. The summed E-state index contributed by atoms with van der Waals surface area (Å²) < 4.78 is 28.7. The van der Waals surface area contributed by atoms with Gasteiger partial charge in [0.15, 0.2) is 9.84 Å². The van der Waals surface area contributed by atoms with E-state index in [9.17, 15) is 8.42 Å². The number of hydrogen-bond acceptors (Lipinski definition) is 5. The second-order valence-corrected chi connectivity index (χ2v) is 6.01. The normalized spacial score (nSPS) is 11.3. The molecule has 2 rings (SSSR count). The lowest BCUT2D eigenvalue weighted by Gasteiger charge is -2.08. The van der Waals surface area contributed by atoms with E-state index in [0.717, 1.165) is 11.8 Å². The van der Waals surface area contributed by atoms with E-state index in [1.165, 1.54) is 12.3 Å². The summed E-state index contributed by atoms with van der Waals surface area (Å²) in [6, 6.07) is 10.1. The van der Waals surface area contributed by atoms with Crippen LogP contribution in [0.1, 0.15) is 5.56 Å². The van der Waals surface area contributed by atoms with Crippen LogP contribution in [0.2, 0.25) is 0 Å². The Morgan fingerprint density at radius 3 is 2.47 bits per heavy atom. The predicted molar refractivity (Wildman–Crippen MR) is 71.8 cm³/mol. The van der Waals surface area contributed by atoms with Crippen LogP contribution in [-0.2, 0) is 16.4 Å². The van der Waals surface area contributed by atoms with Crippen LogP contribution < -0.4 is 10.5 Å². The van der Waals surface area contributed by atoms with E-state index in [4.69, 9.17) is 10.5 Å². The summed E-state index contributed by atoms with van der Waals surface area (Å²) in [5, 5.41) is 0. The zero-order valence-electron chi connectivity index (χ0n) is 10.4. The van der Waals surface area contributed by atoms with Gasteiger partial charge in [0.05, 0.1) is 0 Å². The molecule has 0 atom stereocenters. The molecular formula is C13H14N2O3S. The number of nitrogens with zero attached hydrogens (tertiary/aromatic N) is 1. The van der Waals surface area contributed by atoms with Gasteiger partial charge in [-0.05, 0) is 29.8 Å². The Bertz CT molecular complexity index is 667. The van der Waals surface area contributed by atoms with E-state index >= 15 is 0 Å². The first-order valence-electron chi connectivity index (χ1n) is 5.62. The topological polar surface area (TPSA) is 82.3 Å². The molecule has 19 heavy (non-hydrogen) atoms. The fourth-order valence-electron chi connectivity index (χ4n) is 1.54. The molecule has 0 aliphatic rings. The van der Waals surface area contributed by atoms with Gasteiger partial charge in [-0.15, -0.1) is 0 Å². The smallest absolute Gasteiger partial charge is 0.238 e. The van der Waals surface area contributed by atoms with Crippen LogP contribution in [0.4, 0.5) is 0 Å². The van der Waals surface area contributed by atoms with E-state index in [2.05, 4.69) is 4.98 Å². The molecule has 1 aromatic carbocycles. The van der Waals surface area contributed by atoms with Gasteiger partial charge in [0, 0.05) is 19.0 Å². The zero-order chi connectivity index (χ0) is 13.9. The maximum absolute atomic E-state index is 11.6. The van der Waals surface area contributed by atoms with Gasteiger partial charge < -0.3 is 10.5 Å². The van der Waals surface area contributed by atoms with Crippen molar-refractivity contribution in [3.8, 4) is 11.6 Å². The van der Waals surface area contributed by atoms with Gasteiger partial charge in [-0.2, -0.15) is 0 Å². The van der Waals surface area contributed by atoms with Crippen molar-refractivity contribution in [2.24, 2.45) is 5.73 Å². The maximum Gasteiger partial charge on any atom is 0.238 e. The highest BCUT2D eigenvalue weighted by atomic mass is 32.2. The summed E-state index contributed by atoms with van der Waals surface area (Å²) in [5.41, 5.74) is 6.47. The molecule has 0 bridgehead atoms. The Morgan fingerprint density at radius 2 is 1.89 bits per heavy atom. The molecule has 1 aromatic heterocycles. The molecule has 0 unspecified atom stereocenters. The fourth-order valence-corrected chi connectivity index (χ4v) is 2.28. The largest absolute Gasteiger partial charge is 0.438 e. The van der Waals surface area contributed by atoms with Crippen molar-refractivity contribution in [2.75, 3.05) is 6.26 Å². The van der Waals surface area contributed by atoms with E-state index in [1.54, 1.807) is 18.2 Å². The number of pyridine rings is 1. The number of rotatable bonds is 4. The second kappa shape index (κ2) is 5.38. The van der Waals surface area contributed by atoms with Crippen LogP contribution in [0, 0.1) is 0 Å². The Morgan fingerprint density at radius 1 is 1.21 bits per heavy atom. The molecule has 0 amide bonds. The Kier molecular flexibility index (Phi) is 3.82. The quantitative estimate of drug-likeness (QED) is 0.921. The third kappa shape index (κ3) is 3.30. The van der Waals surface area contributed by atoms with Crippen LogP contribution >= 0.6 is 0 Å². The van der Waals surface area contributed by atoms with Crippen molar-refractivity contribution in [2.45, 2.75) is 11.4 Å². The van der Waals surface area contributed by atoms with Crippen LogP contribution in [0.25, 0.3) is 0 Å². The summed E-state index contributed by atoms with van der Waals surface area (Å²) >= 11 is 0. The van der Waals surface area contributed by atoms with Gasteiger partial charge in [-0.3, -0.25) is 0 Å². The molecule has 0 fully saturated rings. The molecule has 0 aliphatic heterocycles. The molecular weight excluding hydrogens is 264 g/mol. The minimum absolute atomic E-state index is 0.0675. The minimum atomic E-state index is -3.37. The molecule has 0 radical (unpaired) electrons. The molecule has 5 nitrogen and oxygen atoms in total. The fraction of sp³-hybridized carbons (Fsp3) is 0.154. The molecule has 2 N–H and O–H groups in total. The Labute approximate surface area is 112 Å². The molecule has 0 saturated heterocycles. The zero-order valence-corrected chi connectivity index (χ0v) is 11.2. The average molecular weight is 278 g/mol. The second-order valence-electron chi connectivity index (χ2n) is 4.03. The Hall–Kier alpha value is -1.92. The lowest BCUT2D eigenvalue weighted by molar-refractivity contribution is 0.447. The van der Waals surface area contributed by atoms with E-state index < -0.39 is 9.84 Å². The summed E-state index contributed by atoms with van der Waals surface area (Å²) in [6.07, 6.45) is 2.60. The summed E-state index contributed by atoms with van der Waals surface area (Å²) in [4.78, 5) is 4.02.